The molecule has 0 saturated carbocycles. The number of nitrogens with one attached hydrogen (secondary N) is 1. The molecule has 10 nitrogen and oxygen atoms in total. The SMILES string of the molecule is CC(=O)O[C@H]1[C@@H]2C(=O)c3c(C)cc(O)c4c3[C@@]1(COC4=O)c1c2c2c(C)cc(=O)c3c(O)[nH]cc(c1=O)c23. The Morgan fingerprint density at radius 1 is 1.03 bits per heavy atom. The Bertz CT molecular complexity index is 1970. The quantitative estimate of drug-likeness (QED) is 0.324. The molecule has 1 aromatic heterocycles. The number of carbonyl (C=O) groups excluding carboxylic acids is 3. The van der Waals surface area contributed by atoms with Crippen LogP contribution in [-0.2, 0) is 19.7 Å². The number of hydrogen-bond acceptors (Lipinski definition) is 9. The Hall–Kier alpha value is -4.73. The lowest BCUT2D eigenvalue weighted by Crippen LogP contribution is -2.55. The number of phenols is 1. The number of aryl methyl sites for hydroxylation is 2. The predicted octanol–water partition coefficient (Wildman–Crippen LogP) is 2.19. The summed E-state index contributed by atoms with van der Waals surface area (Å²) in [5.74, 6) is -4.05. The molecule has 10 heteroatoms. The summed E-state index contributed by atoms with van der Waals surface area (Å²) >= 11 is 0. The van der Waals surface area contributed by atoms with Gasteiger partial charge in [-0.05, 0) is 53.6 Å². The van der Waals surface area contributed by atoms with Crippen LogP contribution in [0, 0.1) is 13.8 Å². The van der Waals surface area contributed by atoms with Crippen LogP contribution in [0.3, 0.4) is 0 Å². The molecule has 0 radical (unpaired) electrons. The number of aromatic hydroxyl groups is 2. The summed E-state index contributed by atoms with van der Waals surface area (Å²) in [4.78, 5) is 69.4. The Labute approximate surface area is 212 Å². The van der Waals surface area contributed by atoms with Gasteiger partial charge in [-0.3, -0.25) is 19.2 Å². The minimum Gasteiger partial charge on any atom is -0.507 e. The van der Waals surface area contributed by atoms with E-state index in [9.17, 15) is 34.2 Å². The van der Waals surface area contributed by atoms with E-state index in [4.69, 9.17) is 9.47 Å². The molecule has 0 fully saturated rings. The first-order chi connectivity index (χ1) is 18.0. The van der Waals surface area contributed by atoms with Gasteiger partial charge in [0.1, 0.15) is 24.0 Å². The minimum atomic E-state index is -1.58. The predicted molar refractivity (Wildman–Crippen MR) is 132 cm³/mol. The number of carbonyl (C=O) groups is 3. The van der Waals surface area contributed by atoms with E-state index < -0.39 is 64.3 Å². The first-order valence-electron chi connectivity index (χ1n) is 11.9. The number of ketones is 1. The number of fused-ring (bicyclic) bond motifs is 4. The Morgan fingerprint density at radius 3 is 2.47 bits per heavy atom. The maximum Gasteiger partial charge on any atom is 0.342 e. The van der Waals surface area contributed by atoms with Gasteiger partial charge in [0.15, 0.2) is 22.5 Å². The van der Waals surface area contributed by atoms with E-state index in [0.29, 0.717) is 16.5 Å². The monoisotopic (exact) mass is 513 g/mol. The molecule has 38 heavy (non-hydrogen) atoms. The van der Waals surface area contributed by atoms with Crippen LogP contribution in [-0.4, -0.2) is 45.6 Å². The van der Waals surface area contributed by atoms with Crippen molar-refractivity contribution in [2.75, 3.05) is 6.61 Å². The lowest BCUT2D eigenvalue weighted by Gasteiger charge is -2.44. The molecule has 2 heterocycles. The highest BCUT2D eigenvalue weighted by molar-refractivity contribution is 6.19. The number of esters is 2. The Kier molecular flexibility index (Phi) is 4.00. The van der Waals surface area contributed by atoms with Gasteiger partial charge >= 0.3 is 11.9 Å². The maximum atomic E-state index is 14.3. The van der Waals surface area contributed by atoms with E-state index >= 15 is 0 Å². The van der Waals surface area contributed by atoms with Crippen LogP contribution in [0.2, 0.25) is 0 Å². The molecule has 190 valence electrons. The number of aromatic amines is 1. The van der Waals surface area contributed by atoms with E-state index in [2.05, 4.69) is 4.98 Å². The average Bonchev–Trinajstić information content (AvgIpc) is 3.04. The number of ether oxygens (including phenoxy) is 2. The van der Waals surface area contributed by atoms with Crippen molar-refractivity contribution in [1.82, 2.24) is 4.98 Å². The molecular weight excluding hydrogens is 494 g/mol. The molecule has 2 aliphatic carbocycles. The average molecular weight is 513 g/mol. The number of cyclic esters (lactones) is 1. The van der Waals surface area contributed by atoms with E-state index in [1.54, 1.807) is 13.8 Å². The lowest BCUT2D eigenvalue weighted by molar-refractivity contribution is -0.150. The van der Waals surface area contributed by atoms with Gasteiger partial charge in [-0.2, -0.15) is 0 Å². The van der Waals surface area contributed by atoms with E-state index in [1.807, 2.05) is 0 Å². The van der Waals surface area contributed by atoms with E-state index in [-0.39, 0.29) is 44.0 Å². The third-order valence-electron chi connectivity index (χ3n) is 8.31. The molecule has 4 aromatic rings. The minimum absolute atomic E-state index is 0.0835. The summed E-state index contributed by atoms with van der Waals surface area (Å²) in [6.45, 7) is 4.05. The topological polar surface area (TPSA) is 160 Å². The molecule has 0 amide bonds. The van der Waals surface area contributed by atoms with Gasteiger partial charge in [0.2, 0.25) is 0 Å². The van der Waals surface area contributed by atoms with Crippen LogP contribution in [0.1, 0.15) is 61.4 Å². The zero-order chi connectivity index (χ0) is 27.0. The van der Waals surface area contributed by atoms with Gasteiger partial charge < -0.3 is 24.7 Å². The van der Waals surface area contributed by atoms with Gasteiger partial charge in [-0.15, -0.1) is 0 Å². The summed E-state index contributed by atoms with van der Waals surface area (Å²) in [6, 6.07) is 2.62. The molecule has 1 spiro atoms. The van der Waals surface area contributed by atoms with Gasteiger partial charge in [0.05, 0.1) is 16.7 Å². The second kappa shape index (κ2) is 6.77. The molecule has 0 saturated heterocycles. The van der Waals surface area contributed by atoms with Gasteiger partial charge in [-0.1, -0.05) is 0 Å². The molecular formula is C28H19NO9. The standard InChI is InChI=1S/C28H19NO9/c1-8-4-12(31)17-16-11(6-29-26(17)35)23(33)22-19(14(8)16)20-24(34)15-9(2)5-13(32)18-21(15)28(22,7-37-27(18)36)25(20)38-10(3)30/h4-6,20,25,29,32,35H,7H2,1-3H3/t20-,25-,28-/m0/s1. The lowest BCUT2D eigenvalue weighted by atomic mass is 9.63. The molecule has 2 bridgehead atoms. The van der Waals surface area contributed by atoms with Crippen molar-refractivity contribution in [3.63, 3.8) is 0 Å². The summed E-state index contributed by atoms with van der Waals surface area (Å²) in [5, 5.41) is 21.9. The highest BCUT2D eigenvalue weighted by Gasteiger charge is 2.67. The zero-order valence-corrected chi connectivity index (χ0v) is 20.3. The number of rotatable bonds is 1. The van der Waals surface area contributed by atoms with Crippen LogP contribution in [0.25, 0.3) is 21.5 Å². The molecule has 3 aliphatic rings. The molecule has 0 unspecified atom stereocenters. The number of benzene rings is 3. The fourth-order valence-electron chi connectivity index (χ4n) is 7.10. The number of aromatic nitrogens is 1. The Morgan fingerprint density at radius 2 is 1.76 bits per heavy atom. The number of pyridine rings is 1. The highest BCUT2D eigenvalue weighted by Crippen LogP contribution is 2.61. The number of phenolic OH excluding ortho intramolecular Hbond substituents is 1. The summed E-state index contributed by atoms with van der Waals surface area (Å²) in [5.41, 5.74) is -1.40. The summed E-state index contributed by atoms with van der Waals surface area (Å²) in [6.07, 6.45) is 0.0354. The van der Waals surface area contributed by atoms with Crippen molar-refractivity contribution in [3.05, 3.63) is 77.7 Å². The first-order valence-corrected chi connectivity index (χ1v) is 11.9. The fourth-order valence-corrected chi connectivity index (χ4v) is 7.10. The van der Waals surface area contributed by atoms with Crippen molar-refractivity contribution in [3.8, 4) is 11.6 Å². The Balaban J connectivity index is 1.80. The third-order valence-corrected chi connectivity index (χ3v) is 8.31. The van der Waals surface area contributed by atoms with Crippen LogP contribution >= 0.6 is 0 Å². The van der Waals surface area contributed by atoms with Crippen LogP contribution in [0.4, 0.5) is 0 Å². The van der Waals surface area contributed by atoms with Gasteiger partial charge in [0, 0.05) is 35.0 Å². The smallest absolute Gasteiger partial charge is 0.342 e. The number of Topliss-reactive ketones (excluding diaryl/α,β-unsaturated/α-hetero) is 1. The van der Waals surface area contributed by atoms with Crippen molar-refractivity contribution in [2.45, 2.75) is 38.2 Å². The second-order valence-electron chi connectivity index (χ2n) is 10.2. The van der Waals surface area contributed by atoms with Crippen LogP contribution < -0.4 is 10.9 Å². The van der Waals surface area contributed by atoms with E-state index in [0.717, 1.165) is 0 Å². The molecule has 1 aliphatic heterocycles. The van der Waals surface area contributed by atoms with Crippen molar-refractivity contribution in [2.24, 2.45) is 0 Å². The number of H-pyrrole nitrogens is 1. The highest BCUT2D eigenvalue weighted by atomic mass is 16.6. The van der Waals surface area contributed by atoms with Gasteiger partial charge in [-0.25, -0.2) is 4.79 Å². The summed E-state index contributed by atoms with van der Waals surface area (Å²) in [7, 11) is 0. The molecule has 7 rings (SSSR count). The number of hydrogen-bond donors (Lipinski definition) is 3. The molecule has 3 aromatic carbocycles. The largest absolute Gasteiger partial charge is 0.507 e. The van der Waals surface area contributed by atoms with Gasteiger partial charge in [0.25, 0.3) is 0 Å². The van der Waals surface area contributed by atoms with E-state index in [1.165, 1.54) is 25.3 Å². The normalized spacial score (nSPS) is 22.9. The molecule has 3 N–H and O–H groups in total. The second-order valence-corrected chi connectivity index (χ2v) is 10.2. The fraction of sp³-hybridized carbons (Fsp3) is 0.250. The molecule has 3 atom stereocenters. The maximum absolute atomic E-state index is 14.3. The van der Waals surface area contributed by atoms with Crippen molar-refractivity contribution in [1.29, 1.82) is 0 Å². The third kappa shape index (κ3) is 2.27. The summed E-state index contributed by atoms with van der Waals surface area (Å²) < 4.78 is 11.3. The zero-order valence-electron chi connectivity index (χ0n) is 20.3. The van der Waals surface area contributed by atoms with Crippen LogP contribution in [0.5, 0.6) is 11.6 Å². The first kappa shape index (κ1) is 22.5. The van der Waals surface area contributed by atoms with Crippen LogP contribution in [0.15, 0.2) is 27.9 Å². The van der Waals surface area contributed by atoms with Crippen molar-refractivity contribution < 1.29 is 34.1 Å². The van der Waals surface area contributed by atoms with Crippen molar-refractivity contribution >= 4 is 39.3 Å².